The summed E-state index contributed by atoms with van der Waals surface area (Å²) in [4.78, 5) is 14.4. The molecule has 2 N–H and O–H groups in total. The van der Waals surface area contributed by atoms with Gasteiger partial charge in [-0.15, -0.1) is 5.10 Å². The molecule has 0 aliphatic carbocycles. The smallest absolute Gasteiger partial charge is 0.404 e. The average Bonchev–Trinajstić information content (AvgIpc) is 2.88. The van der Waals surface area contributed by atoms with Crippen molar-refractivity contribution in [2.24, 2.45) is 0 Å². The zero-order chi connectivity index (χ0) is 13.5. The lowest BCUT2D eigenvalue weighted by atomic mass is 10.3. The summed E-state index contributed by atoms with van der Waals surface area (Å²) in [6.45, 7) is 1.16. The van der Waals surface area contributed by atoms with Crippen molar-refractivity contribution in [3.63, 3.8) is 0 Å². The number of carbonyl (C=O) groups is 1. The molecule has 1 amide bonds. The molecule has 0 bridgehead atoms. The van der Waals surface area contributed by atoms with Crippen molar-refractivity contribution in [2.75, 3.05) is 6.54 Å². The van der Waals surface area contributed by atoms with Crippen LogP contribution in [0, 0.1) is 0 Å². The van der Waals surface area contributed by atoms with E-state index in [1.807, 2.05) is 24.4 Å². The first-order valence-electron chi connectivity index (χ1n) is 6.04. The second-order valence-electron chi connectivity index (χ2n) is 4.02. The van der Waals surface area contributed by atoms with E-state index in [0.717, 1.165) is 24.2 Å². The van der Waals surface area contributed by atoms with Crippen LogP contribution in [-0.4, -0.2) is 37.7 Å². The normalized spacial score (nSPS) is 10.3. The fraction of sp³-hybridized carbons (Fsp3) is 0.333. The van der Waals surface area contributed by atoms with Crippen LogP contribution in [0.1, 0.15) is 12.8 Å². The van der Waals surface area contributed by atoms with Crippen molar-refractivity contribution >= 4 is 6.09 Å². The fourth-order valence-electron chi connectivity index (χ4n) is 1.63. The molecule has 0 aliphatic heterocycles. The molecular formula is C12H15N5O2. The zero-order valence-electron chi connectivity index (χ0n) is 10.4. The Morgan fingerprint density at radius 3 is 2.95 bits per heavy atom. The number of hydrogen-bond donors (Lipinski definition) is 2. The number of amides is 1. The molecule has 0 saturated carbocycles. The quantitative estimate of drug-likeness (QED) is 0.766. The topological polar surface area (TPSA) is 92.9 Å². The lowest BCUT2D eigenvalue weighted by Crippen LogP contribution is -2.22. The summed E-state index contributed by atoms with van der Waals surface area (Å²) in [5, 5.41) is 18.8. The van der Waals surface area contributed by atoms with Crippen LogP contribution in [0.4, 0.5) is 4.79 Å². The Hall–Kier alpha value is -2.44. The molecule has 2 aromatic rings. The molecule has 0 aromatic carbocycles. The van der Waals surface area contributed by atoms with Gasteiger partial charge in [0.25, 0.3) is 0 Å². The van der Waals surface area contributed by atoms with Gasteiger partial charge >= 0.3 is 6.09 Å². The van der Waals surface area contributed by atoms with Crippen LogP contribution in [0.25, 0.3) is 11.4 Å². The largest absolute Gasteiger partial charge is 0.465 e. The number of carboxylic acid groups (broad SMARTS) is 1. The van der Waals surface area contributed by atoms with Crippen LogP contribution in [0.15, 0.2) is 30.6 Å². The molecule has 2 aromatic heterocycles. The van der Waals surface area contributed by atoms with Gasteiger partial charge in [-0.3, -0.25) is 9.67 Å². The Labute approximate surface area is 110 Å². The van der Waals surface area contributed by atoms with Crippen LogP contribution in [-0.2, 0) is 6.54 Å². The van der Waals surface area contributed by atoms with E-state index in [9.17, 15) is 4.79 Å². The number of pyridine rings is 1. The van der Waals surface area contributed by atoms with Crippen molar-refractivity contribution in [1.82, 2.24) is 25.3 Å². The van der Waals surface area contributed by atoms with Crippen LogP contribution in [0.3, 0.4) is 0 Å². The first-order chi connectivity index (χ1) is 9.25. The van der Waals surface area contributed by atoms with Crippen molar-refractivity contribution < 1.29 is 9.90 Å². The van der Waals surface area contributed by atoms with Gasteiger partial charge in [-0.2, -0.15) is 0 Å². The molecule has 100 valence electrons. The van der Waals surface area contributed by atoms with E-state index >= 15 is 0 Å². The van der Waals surface area contributed by atoms with Crippen molar-refractivity contribution in [2.45, 2.75) is 19.4 Å². The molecule has 2 heterocycles. The van der Waals surface area contributed by atoms with E-state index in [0.29, 0.717) is 13.1 Å². The summed E-state index contributed by atoms with van der Waals surface area (Å²) in [5.74, 6) is 0. The van der Waals surface area contributed by atoms with Gasteiger partial charge in [-0.25, -0.2) is 4.79 Å². The molecule has 7 heteroatoms. The second kappa shape index (κ2) is 6.48. The Balaban J connectivity index is 1.80. The van der Waals surface area contributed by atoms with Crippen molar-refractivity contribution in [3.8, 4) is 11.4 Å². The fourth-order valence-corrected chi connectivity index (χ4v) is 1.63. The maximum atomic E-state index is 10.2. The number of aryl methyl sites for hydroxylation is 1. The summed E-state index contributed by atoms with van der Waals surface area (Å²) in [6.07, 6.45) is 4.17. The number of rotatable bonds is 6. The van der Waals surface area contributed by atoms with Crippen molar-refractivity contribution in [1.29, 1.82) is 0 Å². The van der Waals surface area contributed by atoms with Crippen LogP contribution >= 0.6 is 0 Å². The highest BCUT2D eigenvalue weighted by atomic mass is 16.4. The maximum absolute atomic E-state index is 10.2. The number of hydrogen-bond acceptors (Lipinski definition) is 4. The Morgan fingerprint density at radius 1 is 1.32 bits per heavy atom. The number of unbranched alkanes of at least 4 members (excludes halogenated alkanes) is 1. The lowest BCUT2D eigenvalue weighted by Gasteiger charge is -2.01. The van der Waals surface area contributed by atoms with Gasteiger partial charge in [0.1, 0.15) is 5.69 Å². The highest BCUT2D eigenvalue weighted by Gasteiger charge is 2.04. The molecule has 0 fully saturated rings. The predicted molar refractivity (Wildman–Crippen MR) is 68.5 cm³/mol. The Morgan fingerprint density at radius 2 is 2.21 bits per heavy atom. The average molecular weight is 261 g/mol. The van der Waals surface area contributed by atoms with Gasteiger partial charge in [0.05, 0.1) is 11.9 Å². The molecular weight excluding hydrogens is 246 g/mol. The van der Waals surface area contributed by atoms with E-state index in [1.54, 1.807) is 10.9 Å². The standard InChI is InChI=1S/C12H15N5O2/c18-12(19)14-7-3-4-8-17-9-11(15-16-17)10-5-1-2-6-13-10/h1-2,5-6,9,14H,3-4,7-8H2,(H,18,19). The zero-order valence-corrected chi connectivity index (χ0v) is 10.4. The van der Waals surface area contributed by atoms with Gasteiger partial charge in [0.15, 0.2) is 0 Å². The van der Waals surface area contributed by atoms with Gasteiger partial charge in [0, 0.05) is 19.3 Å². The number of nitrogens with zero attached hydrogens (tertiary/aromatic N) is 4. The first kappa shape index (κ1) is 13.0. The van der Waals surface area contributed by atoms with E-state index < -0.39 is 6.09 Å². The minimum atomic E-state index is -0.988. The maximum Gasteiger partial charge on any atom is 0.404 e. The Kier molecular flexibility index (Phi) is 4.44. The monoisotopic (exact) mass is 261 g/mol. The molecule has 0 spiro atoms. The van der Waals surface area contributed by atoms with E-state index in [2.05, 4.69) is 20.6 Å². The minimum Gasteiger partial charge on any atom is -0.465 e. The molecule has 7 nitrogen and oxygen atoms in total. The summed E-state index contributed by atoms with van der Waals surface area (Å²) < 4.78 is 1.74. The van der Waals surface area contributed by atoms with Gasteiger partial charge in [-0.05, 0) is 25.0 Å². The molecule has 0 saturated heterocycles. The Bertz CT molecular complexity index is 526. The number of aromatic nitrogens is 4. The van der Waals surface area contributed by atoms with E-state index in [-0.39, 0.29) is 0 Å². The summed E-state index contributed by atoms with van der Waals surface area (Å²) in [7, 11) is 0. The minimum absolute atomic E-state index is 0.455. The molecule has 0 atom stereocenters. The SMILES string of the molecule is O=C(O)NCCCCn1cc(-c2ccccn2)nn1. The third kappa shape index (κ3) is 4.06. The van der Waals surface area contributed by atoms with E-state index in [4.69, 9.17) is 5.11 Å². The van der Waals surface area contributed by atoms with Gasteiger partial charge in [0.2, 0.25) is 0 Å². The summed E-state index contributed by atoms with van der Waals surface area (Å²) >= 11 is 0. The lowest BCUT2D eigenvalue weighted by molar-refractivity contribution is 0.194. The summed E-state index contributed by atoms with van der Waals surface area (Å²) in [5.41, 5.74) is 1.53. The summed E-state index contributed by atoms with van der Waals surface area (Å²) in [6, 6.07) is 5.63. The van der Waals surface area contributed by atoms with Crippen LogP contribution in [0.5, 0.6) is 0 Å². The third-order valence-corrected chi connectivity index (χ3v) is 2.56. The number of nitrogens with one attached hydrogen (secondary N) is 1. The second-order valence-corrected chi connectivity index (χ2v) is 4.02. The molecule has 0 radical (unpaired) electrons. The molecule has 19 heavy (non-hydrogen) atoms. The highest BCUT2D eigenvalue weighted by molar-refractivity contribution is 5.64. The first-order valence-corrected chi connectivity index (χ1v) is 6.04. The molecule has 2 rings (SSSR count). The predicted octanol–water partition coefficient (Wildman–Crippen LogP) is 1.39. The van der Waals surface area contributed by atoms with E-state index in [1.165, 1.54) is 0 Å². The third-order valence-electron chi connectivity index (χ3n) is 2.56. The van der Waals surface area contributed by atoms with Crippen LogP contribution in [0.2, 0.25) is 0 Å². The molecule has 0 aliphatic rings. The molecule has 0 unspecified atom stereocenters. The van der Waals surface area contributed by atoms with Crippen LogP contribution < -0.4 is 5.32 Å². The van der Waals surface area contributed by atoms with Crippen molar-refractivity contribution in [3.05, 3.63) is 30.6 Å². The van der Waals surface area contributed by atoms with Gasteiger partial charge in [-0.1, -0.05) is 11.3 Å². The highest BCUT2D eigenvalue weighted by Crippen LogP contribution is 2.11. The van der Waals surface area contributed by atoms with Gasteiger partial charge < -0.3 is 10.4 Å².